The zero-order valence-electron chi connectivity index (χ0n) is 20.5. The summed E-state index contributed by atoms with van der Waals surface area (Å²) in [5.74, 6) is 0.713. The fourth-order valence-electron chi connectivity index (χ4n) is 3.12. The first kappa shape index (κ1) is 28.3. The molecule has 32 heavy (non-hydrogen) atoms. The summed E-state index contributed by atoms with van der Waals surface area (Å²) >= 11 is 0. The van der Waals surface area contributed by atoms with Gasteiger partial charge in [-0.2, -0.15) is 0 Å². The Labute approximate surface area is 193 Å². The van der Waals surface area contributed by atoms with Gasteiger partial charge in [-0.1, -0.05) is 51.1 Å². The molecule has 0 saturated heterocycles. The quantitative estimate of drug-likeness (QED) is 0.292. The van der Waals surface area contributed by atoms with Gasteiger partial charge in [0.05, 0.1) is 32.5 Å². The number of aliphatic hydroxyl groups excluding tert-OH is 2. The molecule has 1 aromatic rings. The monoisotopic (exact) mass is 450 g/mol. The molecule has 0 aromatic heterocycles. The molecule has 1 rings (SSSR count). The molecular formula is C26H42O6. The Morgan fingerprint density at radius 3 is 2.25 bits per heavy atom. The topological polar surface area (TPSA) is 77.4 Å². The van der Waals surface area contributed by atoms with Gasteiger partial charge in [-0.15, -0.1) is 0 Å². The fourth-order valence-corrected chi connectivity index (χ4v) is 3.12. The van der Waals surface area contributed by atoms with Crippen molar-refractivity contribution in [2.24, 2.45) is 0 Å². The smallest absolute Gasteiger partial charge is 0.119 e. The number of rotatable bonds is 16. The van der Waals surface area contributed by atoms with Gasteiger partial charge >= 0.3 is 0 Å². The molecule has 0 aliphatic heterocycles. The molecular weight excluding hydrogens is 408 g/mol. The number of aliphatic hydroxyl groups is 2. The summed E-state index contributed by atoms with van der Waals surface area (Å²) in [6, 6.07) is 7.95. The van der Waals surface area contributed by atoms with Crippen LogP contribution in [0.5, 0.6) is 5.75 Å². The number of benzene rings is 1. The second kappa shape index (κ2) is 15.2. The van der Waals surface area contributed by atoms with E-state index in [1.165, 1.54) is 5.57 Å². The van der Waals surface area contributed by atoms with Gasteiger partial charge < -0.3 is 29.2 Å². The molecule has 0 fully saturated rings. The largest absolute Gasteiger partial charge is 0.491 e. The lowest BCUT2D eigenvalue weighted by Crippen LogP contribution is -2.23. The average Bonchev–Trinajstić information content (AvgIpc) is 2.75. The van der Waals surface area contributed by atoms with Crippen molar-refractivity contribution in [1.29, 1.82) is 0 Å². The van der Waals surface area contributed by atoms with Crippen molar-refractivity contribution in [2.75, 3.05) is 40.1 Å². The average molecular weight is 451 g/mol. The Kier molecular flexibility index (Phi) is 13.5. The third-order valence-electron chi connectivity index (χ3n) is 4.97. The summed E-state index contributed by atoms with van der Waals surface area (Å²) in [6.07, 6.45) is 6.04. The first-order valence-electron chi connectivity index (χ1n) is 11.4. The van der Waals surface area contributed by atoms with Gasteiger partial charge in [0.25, 0.3) is 0 Å². The van der Waals surface area contributed by atoms with Crippen LogP contribution in [0.3, 0.4) is 0 Å². The Balaban J connectivity index is 2.66. The molecule has 2 atom stereocenters. The summed E-state index contributed by atoms with van der Waals surface area (Å²) < 4.78 is 21.5. The van der Waals surface area contributed by atoms with E-state index < -0.39 is 12.2 Å². The normalized spacial score (nSPS) is 14.8. The highest BCUT2D eigenvalue weighted by Gasteiger charge is 2.24. The molecule has 0 amide bonds. The van der Waals surface area contributed by atoms with Crippen LogP contribution >= 0.6 is 0 Å². The van der Waals surface area contributed by atoms with Crippen LogP contribution in [-0.2, 0) is 19.6 Å². The van der Waals surface area contributed by atoms with E-state index in [-0.39, 0.29) is 37.9 Å². The van der Waals surface area contributed by atoms with E-state index in [4.69, 9.17) is 18.9 Å². The molecule has 2 unspecified atom stereocenters. The molecule has 6 heteroatoms. The maximum absolute atomic E-state index is 9.87. The standard InChI is InChI=1S/C26H42O6/c1-7-9-21(10-8-15-30-17-24(28)18-31-20(2)3)26(4,5)22-11-13-25(14-12-22)32-19-23(27)16-29-6/h8-14,20,23-24,27-28H,7,15-19H2,1-6H3/b10-8-,21-9+. The van der Waals surface area contributed by atoms with Crippen LogP contribution in [0.25, 0.3) is 0 Å². The highest BCUT2D eigenvalue weighted by Crippen LogP contribution is 2.33. The summed E-state index contributed by atoms with van der Waals surface area (Å²) in [5.41, 5.74) is 2.15. The van der Waals surface area contributed by atoms with Crippen molar-refractivity contribution in [3.8, 4) is 5.75 Å². The summed E-state index contributed by atoms with van der Waals surface area (Å²) in [4.78, 5) is 0. The van der Waals surface area contributed by atoms with Gasteiger partial charge in [0.15, 0.2) is 0 Å². The van der Waals surface area contributed by atoms with Gasteiger partial charge in [-0.3, -0.25) is 0 Å². The van der Waals surface area contributed by atoms with Crippen LogP contribution in [0.15, 0.2) is 48.1 Å². The lowest BCUT2D eigenvalue weighted by atomic mass is 9.77. The first-order valence-corrected chi connectivity index (χ1v) is 11.4. The Morgan fingerprint density at radius 2 is 1.66 bits per heavy atom. The van der Waals surface area contributed by atoms with Crippen LogP contribution in [0, 0.1) is 0 Å². The van der Waals surface area contributed by atoms with Crippen LogP contribution in [0.1, 0.15) is 46.6 Å². The van der Waals surface area contributed by atoms with Crippen LogP contribution in [0.4, 0.5) is 0 Å². The number of methoxy groups -OCH3 is 1. The Morgan fingerprint density at radius 1 is 1.00 bits per heavy atom. The van der Waals surface area contributed by atoms with E-state index in [9.17, 15) is 10.2 Å². The molecule has 6 nitrogen and oxygen atoms in total. The van der Waals surface area contributed by atoms with E-state index in [2.05, 4.69) is 45.1 Å². The first-order chi connectivity index (χ1) is 15.2. The van der Waals surface area contributed by atoms with Crippen molar-refractivity contribution in [3.63, 3.8) is 0 Å². The number of hydrogen-bond donors (Lipinski definition) is 2. The minimum Gasteiger partial charge on any atom is -0.491 e. The van der Waals surface area contributed by atoms with E-state index in [0.717, 1.165) is 12.0 Å². The summed E-state index contributed by atoms with van der Waals surface area (Å²) in [6.45, 7) is 11.8. The highest BCUT2D eigenvalue weighted by molar-refractivity contribution is 5.42. The van der Waals surface area contributed by atoms with E-state index >= 15 is 0 Å². The zero-order chi connectivity index (χ0) is 24.0. The SMILES string of the molecule is CC/C=C(\C=C/COCC(O)COC(C)C)C(C)(C)c1ccc(OCC(O)COC)cc1. The molecule has 0 aliphatic rings. The molecule has 0 heterocycles. The van der Waals surface area contributed by atoms with Crippen molar-refractivity contribution in [3.05, 3.63) is 53.6 Å². The molecule has 0 bridgehead atoms. The lowest BCUT2D eigenvalue weighted by Gasteiger charge is -2.28. The van der Waals surface area contributed by atoms with Gasteiger partial charge in [0, 0.05) is 12.5 Å². The summed E-state index contributed by atoms with van der Waals surface area (Å²) in [5, 5.41) is 19.6. The molecule has 2 N–H and O–H groups in total. The molecule has 0 saturated carbocycles. The van der Waals surface area contributed by atoms with Crippen molar-refractivity contribution >= 4 is 0 Å². The second-order valence-corrected chi connectivity index (χ2v) is 8.61. The third kappa shape index (κ3) is 10.7. The maximum Gasteiger partial charge on any atom is 0.119 e. The fraction of sp³-hybridized carbons (Fsp3) is 0.615. The predicted molar refractivity (Wildman–Crippen MR) is 128 cm³/mol. The second-order valence-electron chi connectivity index (χ2n) is 8.61. The Hall–Kier alpha value is -1.70. The van der Waals surface area contributed by atoms with Crippen molar-refractivity contribution in [2.45, 2.75) is 64.8 Å². The molecule has 0 aliphatic carbocycles. The van der Waals surface area contributed by atoms with Crippen LogP contribution in [-0.4, -0.2) is 68.7 Å². The number of allylic oxidation sites excluding steroid dienone is 3. The van der Waals surface area contributed by atoms with Crippen LogP contribution < -0.4 is 4.74 Å². The highest BCUT2D eigenvalue weighted by atomic mass is 16.5. The van der Waals surface area contributed by atoms with Crippen molar-refractivity contribution < 1.29 is 29.2 Å². The van der Waals surface area contributed by atoms with Crippen LogP contribution in [0.2, 0.25) is 0 Å². The zero-order valence-corrected chi connectivity index (χ0v) is 20.5. The predicted octanol–water partition coefficient (Wildman–Crippen LogP) is 4.05. The molecule has 182 valence electrons. The van der Waals surface area contributed by atoms with E-state index in [0.29, 0.717) is 12.4 Å². The molecule has 0 radical (unpaired) electrons. The van der Waals surface area contributed by atoms with Crippen molar-refractivity contribution in [1.82, 2.24) is 0 Å². The van der Waals surface area contributed by atoms with Gasteiger partial charge in [-0.05, 0) is 43.5 Å². The van der Waals surface area contributed by atoms with Gasteiger partial charge in [0.2, 0.25) is 0 Å². The molecule has 0 spiro atoms. The molecule has 1 aromatic carbocycles. The minimum absolute atomic E-state index is 0.0939. The third-order valence-corrected chi connectivity index (χ3v) is 4.97. The van der Waals surface area contributed by atoms with E-state index in [1.807, 2.05) is 32.1 Å². The Bertz CT molecular complexity index is 678. The summed E-state index contributed by atoms with van der Waals surface area (Å²) in [7, 11) is 1.55. The lowest BCUT2D eigenvalue weighted by molar-refractivity contribution is -0.0310. The van der Waals surface area contributed by atoms with Gasteiger partial charge in [0.1, 0.15) is 24.6 Å². The van der Waals surface area contributed by atoms with Gasteiger partial charge in [-0.25, -0.2) is 0 Å². The van der Waals surface area contributed by atoms with E-state index in [1.54, 1.807) is 7.11 Å². The minimum atomic E-state index is -0.647. The maximum atomic E-state index is 9.87. The number of hydrogen-bond acceptors (Lipinski definition) is 6. The number of ether oxygens (including phenoxy) is 4.